The van der Waals surface area contributed by atoms with Gasteiger partial charge in [-0.1, -0.05) is 31.2 Å². The maximum atomic E-state index is 13.4. The molecule has 1 unspecified atom stereocenters. The van der Waals surface area contributed by atoms with E-state index in [9.17, 15) is 9.59 Å². The number of piperidine rings is 1. The zero-order valence-electron chi connectivity index (χ0n) is 15.2. The number of nitrogens with zero attached hydrogens (tertiary/aromatic N) is 2. The Hall–Kier alpha value is -1.84. The number of rotatable bonds is 3. The summed E-state index contributed by atoms with van der Waals surface area (Å²) >= 11 is 0. The highest BCUT2D eigenvalue weighted by atomic mass is 16.2. The summed E-state index contributed by atoms with van der Waals surface area (Å²) in [6.45, 7) is 4.53. The third-order valence-corrected chi connectivity index (χ3v) is 6.35. The lowest BCUT2D eigenvalue weighted by molar-refractivity contribution is -0.157. The van der Waals surface area contributed by atoms with Crippen molar-refractivity contribution < 1.29 is 9.59 Å². The summed E-state index contributed by atoms with van der Waals surface area (Å²) in [7, 11) is 0. The first-order valence-corrected chi connectivity index (χ1v) is 9.83. The van der Waals surface area contributed by atoms with Gasteiger partial charge in [-0.2, -0.15) is 0 Å². The molecule has 25 heavy (non-hydrogen) atoms. The molecule has 1 aromatic carbocycles. The van der Waals surface area contributed by atoms with Crippen molar-refractivity contribution in [3.63, 3.8) is 0 Å². The molecule has 1 aliphatic carbocycles. The van der Waals surface area contributed by atoms with Crippen molar-refractivity contribution in [3.8, 4) is 0 Å². The van der Waals surface area contributed by atoms with Crippen molar-refractivity contribution in [2.45, 2.75) is 57.4 Å². The summed E-state index contributed by atoms with van der Waals surface area (Å²) in [6.07, 6.45) is 6.29. The molecule has 1 atom stereocenters. The summed E-state index contributed by atoms with van der Waals surface area (Å²) in [4.78, 5) is 30.6. The Morgan fingerprint density at radius 1 is 1.12 bits per heavy atom. The van der Waals surface area contributed by atoms with Crippen molar-refractivity contribution >= 4 is 11.8 Å². The fourth-order valence-corrected chi connectivity index (χ4v) is 5.18. The number of carbonyl (C=O) groups excluding carboxylic acids is 2. The molecule has 2 heterocycles. The molecule has 2 aliphatic heterocycles. The molecule has 0 radical (unpaired) electrons. The number of carbonyl (C=O) groups is 2. The summed E-state index contributed by atoms with van der Waals surface area (Å²) in [5.74, 6) is 0.434. The highest BCUT2D eigenvalue weighted by Gasteiger charge is 2.53. The Morgan fingerprint density at radius 2 is 1.76 bits per heavy atom. The molecule has 1 spiro atoms. The second kappa shape index (κ2) is 6.47. The molecule has 4 nitrogen and oxygen atoms in total. The van der Waals surface area contributed by atoms with E-state index < -0.39 is 5.54 Å². The topological polar surface area (TPSA) is 40.6 Å². The third kappa shape index (κ3) is 2.66. The Kier molecular flexibility index (Phi) is 4.30. The molecule has 0 N–H and O–H groups in total. The van der Waals surface area contributed by atoms with Crippen molar-refractivity contribution in [3.05, 3.63) is 35.4 Å². The second-order valence-electron chi connectivity index (χ2n) is 7.89. The van der Waals surface area contributed by atoms with Gasteiger partial charge in [0, 0.05) is 25.6 Å². The van der Waals surface area contributed by atoms with Gasteiger partial charge in [-0.15, -0.1) is 0 Å². The van der Waals surface area contributed by atoms with E-state index in [1.807, 2.05) is 9.80 Å². The lowest BCUT2D eigenvalue weighted by atomic mass is 9.84. The van der Waals surface area contributed by atoms with Gasteiger partial charge in [-0.25, -0.2) is 0 Å². The van der Waals surface area contributed by atoms with Crippen LogP contribution in [0.2, 0.25) is 0 Å². The number of hydrogen-bond donors (Lipinski definition) is 0. The molecular formula is C21H28N2O2. The van der Waals surface area contributed by atoms with Crippen LogP contribution in [0.4, 0.5) is 0 Å². The Morgan fingerprint density at radius 3 is 2.40 bits per heavy atom. The van der Waals surface area contributed by atoms with Crippen molar-refractivity contribution in [2.24, 2.45) is 5.92 Å². The quantitative estimate of drug-likeness (QED) is 0.849. The molecule has 1 aromatic rings. The van der Waals surface area contributed by atoms with E-state index in [1.165, 1.54) is 11.1 Å². The van der Waals surface area contributed by atoms with Crippen LogP contribution in [0.25, 0.3) is 0 Å². The molecule has 2 saturated heterocycles. The van der Waals surface area contributed by atoms with Gasteiger partial charge in [0.1, 0.15) is 5.54 Å². The standard InChI is InChI=1S/C21H28N2O2/c1-2-11-22-12-5-9-21(20(22)25)10-6-13-23(21)19(24)18-14-16-7-3-4-8-17(16)15-18/h3-4,7-8,18H,2,5-6,9-15H2,1H3. The summed E-state index contributed by atoms with van der Waals surface area (Å²) in [6, 6.07) is 8.38. The van der Waals surface area contributed by atoms with Crippen LogP contribution in [0.1, 0.15) is 50.2 Å². The number of likely N-dealkylation sites (tertiary alicyclic amines) is 2. The molecule has 2 amide bonds. The predicted molar refractivity (Wildman–Crippen MR) is 97.1 cm³/mol. The van der Waals surface area contributed by atoms with Gasteiger partial charge in [-0.3, -0.25) is 9.59 Å². The lowest BCUT2D eigenvalue weighted by Gasteiger charge is -2.45. The van der Waals surface area contributed by atoms with Gasteiger partial charge < -0.3 is 9.80 Å². The normalized spacial score (nSPS) is 26.5. The van der Waals surface area contributed by atoms with E-state index in [1.54, 1.807) is 0 Å². The van der Waals surface area contributed by atoms with Gasteiger partial charge in [0.25, 0.3) is 0 Å². The molecule has 134 valence electrons. The van der Waals surface area contributed by atoms with E-state index in [0.717, 1.165) is 64.6 Å². The van der Waals surface area contributed by atoms with Crippen molar-refractivity contribution in [1.82, 2.24) is 9.80 Å². The molecule has 0 aromatic heterocycles. The molecule has 0 bridgehead atoms. The molecule has 4 rings (SSSR count). The summed E-state index contributed by atoms with van der Waals surface area (Å²) in [5, 5.41) is 0. The second-order valence-corrected chi connectivity index (χ2v) is 7.89. The Balaban J connectivity index is 1.55. The average molecular weight is 340 g/mol. The minimum absolute atomic E-state index is 0.0155. The smallest absolute Gasteiger partial charge is 0.248 e. The highest BCUT2D eigenvalue weighted by Crippen LogP contribution is 2.40. The van der Waals surface area contributed by atoms with E-state index >= 15 is 0 Å². The first-order chi connectivity index (χ1) is 12.2. The lowest BCUT2D eigenvalue weighted by Crippen LogP contribution is -2.62. The number of fused-ring (bicyclic) bond motifs is 1. The predicted octanol–water partition coefficient (Wildman–Crippen LogP) is 2.80. The van der Waals surface area contributed by atoms with Crippen LogP contribution >= 0.6 is 0 Å². The van der Waals surface area contributed by atoms with E-state index in [0.29, 0.717) is 0 Å². The molecular weight excluding hydrogens is 312 g/mol. The number of amides is 2. The van der Waals surface area contributed by atoms with Crippen LogP contribution in [0.15, 0.2) is 24.3 Å². The average Bonchev–Trinajstić information content (AvgIpc) is 3.23. The maximum absolute atomic E-state index is 13.4. The summed E-state index contributed by atoms with van der Waals surface area (Å²) in [5.41, 5.74) is 2.06. The first kappa shape index (κ1) is 16.6. The van der Waals surface area contributed by atoms with Crippen LogP contribution < -0.4 is 0 Å². The molecule has 2 fully saturated rings. The Bertz CT molecular complexity index is 659. The van der Waals surface area contributed by atoms with Crippen LogP contribution in [0.3, 0.4) is 0 Å². The van der Waals surface area contributed by atoms with Gasteiger partial charge in [-0.05, 0) is 56.1 Å². The SMILES string of the molecule is CCCN1CCCC2(CCCN2C(=O)C2Cc3ccccc3C2)C1=O. The zero-order chi connectivity index (χ0) is 17.4. The van der Waals surface area contributed by atoms with Crippen LogP contribution in [0.5, 0.6) is 0 Å². The van der Waals surface area contributed by atoms with Crippen molar-refractivity contribution in [2.75, 3.05) is 19.6 Å². The van der Waals surface area contributed by atoms with Crippen LogP contribution in [0, 0.1) is 5.92 Å². The van der Waals surface area contributed by atoms with E-state index in [4.69, 9.17) is 0 Å². The molecule has 0 saturated carbocycles. The van der Waals surface area contributed by atoms with Gasteiger partial charge >= 0.3 is 0 Å². The first-order valence-electron chi connectivity index (χ1n) is 9.83. The minimum Gasteiger partial charge on any atom is -0.341 e. The monoisotopic (exact) mass is 340 g/mol. The van der Waals surface area contributed by atoms with Crippen molar-refractivity contribution in [1.29, 1.82) is 0 Å². The number of hydrogen-bond acceptors (Lipinski definition) is 2. The zero-order valence-corrected chi connectivity index (χ0v) is 15.2. The van der Waals surface area contributed by atoms with E-state index in [2.05, 4.69) is 31.2 Å². The van der Waals surface area contributed by atoms with Gasteiger partial charge in [0.15, 0.2) is 0 Å². The Labute approximate surface area is 150 Å². The largest absolute Gasteiger partial charge is 0.341 e. The fourth-order valence-electron chi connectivity index (χ4n) is 5.18. The third-order valence-electron chi connectivity index (χ3n) is 6.35. The minimum atomic E-state index is -0.542. The maximum Gasteiger partial charge on any atom is 0.248 e. The summed E-state index contributed by atoms with van der Waals surface area (Å²) < 4.78 is 0. The fraction of sp³-hybridized carbons (Fsp3) is 0.619. The molecule has 3 aliphatic rings. The van der Waals surface area contributed by atoms with Crippen LogP contribution in [-0.4, -0.2) is 46.8 Å². The highest BCUT2D eigenvalue weighted by molar-refractivity contribution is 5.93. The van der Waals surface area contributed by atoms with Gasteiger partial charge in [0.05, 0.1) is 0 Å². The van der Waals surface area contributed by atoms with E-state index in [-0.39, 0.29) is 17.7 Å². The number of benzene rings is 1. The van der Waals surface area contributed by atoms with Crippen LogP contribution in [-0.2, 0) is 22.4 Å². The van der Waals surface area contributed by atoms with Gasteiger partial charge in [0.2, 0.25) is 11.8 Å². The molecule has 4 heteroatoms.